The Kier molecular flexibility index (Phi) is 4.00. The average Bonchev–Trinajstić information content (AvgIpc) is 2.77. The van der Waals surface area contributed by atoms with E-state index in [4.69, 9.17) is 4.74 Å². The van der Waals surface area contributed by atoms with E-state index in [9.17, 15) is 4.79 Å². The second kappa shape index (κ2) is 5.69. The summed E-state index contributed by atoms with van der Waals surface area (Å²) < 4.78 is 7.47. The van der Waals surface area contributed by atoms with Gasteiger partial charge in [-0.15, -0.1) is 0 Å². The minimum absolute atomic E-state index is 0.0278. The van der Waals surface area contributed by atoms with Crippen LogP contribution in [0.25, 0.3) is 0 Å². The molecule has 0 saturated carbocycles. The SMILES string of the molecule is CC(=O)c1cc(C)ccc1OCCc1cnn(C)c1. The molecule has 100 valence electrons. The highest BCUT2D eigenvalue weighted by Crippen LogP contribution is 2.20. The van der Waals surface area contributed by atoms with E-state index >= 15 is 0 Å². The zero-order valence-electron chi connectivity index (χ0n) is 11.5. The van der Waals surface area contributed by atoms with Gasteiger partial charge in [-0.05, 0) is 31.5 Å². The molecule has 0 fully saturated rings. The van der Waals surface area contributed by atoms with Gasteiger partial charge in [0.25, 0.3) is 0 Å². The molecule has 0 aliphatic carbocycles. The van der Waals surface area contributed by atoms with Gasteiger partial charge in [0.05, 0.1) is 18.4 Å². The van der Waals surface area contributed by atoms with Crippen LogP contribution in [0.5, 0.6) is 5.75 Å². The molecule has 0 N–H and O–H groups in total. The molecule has 0 unspecified atom stereocenters. The van der Waals surface area contributed by atoms with Gasteiger partial charge in [0.2, 0.25) is 0 Å². The molecular weight excluding hydrogens is 240 g/mol. The summed E-state index contributed by atoms with van der Waals surface area (Å²) in [7, 11) is 1.89. The molecule has 0 radical (unpaired) electrons. The third-order valence-electron chi connectivity index (χ3n) is 2.92. The Morgan fingerprint density at radius 1 is 1.42 bits per heavy atom. The summed E-state index contributed by atoms with van der Waals surface area (Å²) in [5, 5.41) is 4.11. The van der Waals surface area contributed by atoms with Crippen LogP contribution in [0.2, 0.25) is 0 Å². The first-order chi connectivity index (χ1) is 9.06. The van der Waals surface area contributed by atoms with Crippen molar-refractivity contribution in [2.75, 3.05) is 6.61 Å². The van der Waals surface area contributed by atoms with E-state index in [1.165, 1.54) is 0 Å². The highest BCUT2D eigenvalue weighted by molar-refractivity contribution is 5.97. The molecule has 0 spiro atoms. The van der Waals surface area contributed by atoms with E-state index in [0.29, 0.717) is 17.9 Å². The van der Waals surface area contributed by atoms with Crippen LogP contribution in [0.4, 0.5) is 0 Å². The number of carbonyl (C=O) groups excluding carboxylic acids is 1. The number of benzene rings is 1. The number of carbonyl (C=O) groups is 1. The first-order valence-electron chi connectivity index (χ1n) is 6.28. The lowest BCUT2D eigenvalue weighted by atomic mass is 10.1. The number of ether oxygens (including phenoxy) is 1. The molecule has 1 aromatic carbocycles. The lowest BCUT2D eigenvalue weighted by molar-refractivity contribution is 0.101. The normalized spacial score (nSPS) is 10.5. The van der Waals surface area contributed by atoms with E-state index in [1.54, 1.807) is 11.6 Å². The number of aromatic nitrogens is 2. The Morgan fingerprint density at radius 3 is 2.84 bits per heavy atom. The molecule has 4 nitrogen and oxygen atoms in total. The van der Waals surface area contributed by atoms with Crippen LogP contribution in [0.3, 0.4) is 0 Å². The lowest BCUT2D eigenvalue weighted by Gasteiger charge is -2.10. The van der Waals surface area contributed by atoms with Gasteiger partial charge in [-0.2, -0.15) is 5.10 Å². The third kappa shape index (κ3) is 3.44. The van der Waals surface area contributed by atoms with Crippen LogP contribution in [0.15, 0.2) is 30.6 Å². The molecule has 0 bridgehead atoms. The summed E-state index contributed by atoms with van der Waals surface area (Å²) in [6, 6.07) is 5.67. The number of Topliss-reactive ketones (excluding diaryl/α,β-unsaturated/α-hetero) is 1. The minimum Gasteiger partial charge on any atom is -0.492 e. The van der Waals surface area contributed by atoms with Gasteiger partial charge < -0.3 is 4.74 Å². The zero-order valence-corrected chi connectivity index (χ0v) is 11.5. The monoisotopic (exact) mass is 258 g/mol. The van der Waals surface area contributed by atoms with E-state index in [-0.39, 0.29) is 5.78 Å². The summed E-state index contributed by atoms with van der Waals surface area (Å²) in [6.07, 6.45) is 4.56. The minimum atomic E-state index is 0.0278. The lowest BCUT2D eigenvalue weighted by Crippen LogP contribution is -2.05. The van der Waals surface area contributed by atoms with Crippen LogP contribution in [-0.2, 0) is 13.5 Å². The van der Waals surface area contributed by atoms with Gasteiger partial charge in [0.1, 0.15) is 5.75 Å². The molecule has 0 atom stereocenters. The predicted molar refractivity (Wildman–Crippen MR) is 73.6 cm³/mol. The fourth-order valence-electron chi connectivity index (χ4n) is 1.92. The zero-order chi connectivity index (χ0) is 13.8. The smallest absolute Gasteiger partial charge is 0.163 e. The largest absolute Gasteiger partial charge is 0.492 e. The molecule has 19 heavy (non-hydrogen) atoms. The van der Waals surface area contributed by atoms with Crippen molar-refractivity contribution in [3.05, 3.63) is 47.3 Å². The van der Waals surface area contributed by atoms with Gasteiger partial charge in [0.15, 0.2) is 5.78 Å². The van der Waals surface area contributed by atoms with Crippen LogP contribution in [0, 0.1) is 6.92 Å². The maximum atomic E-state index is 11.6. The molecule has 4 heteroatoms. The highest BCUT2D eigenvalue weighted by atomic mass is 16.5. The summed E-state index contributed by atoms with van der Waals surface area (Å²) in [4.78, 5) is 11.6. The summed E-state index contributed by atoms with van der Waals surface area (Å²) in [6.45, 7) is 4.06. The van der Waals surface area contributed by atoms with Crippen molar-refractivity contribution in [2.45, 2.75) is 20.3 Å². The third-order valence-corrected chi connectivity index (χ3v) is 2.92. The van der Waals surface area contributed by atoms with Crippen LogP contribution in [-0.4, -0.2) is 22.2 Å². The topological polar surface area (TPSA) is 44.1 Å². The number of ketones is 1. The second-order valence-corrected chi connectivity index (χ2v) is 4.68. The van der Waals surface area contributed by atoms with Crippen molar-refractivity contribution in [3.63, 3.8) is 0 Å². The predicted octanol–water partition coefficient (Wildman–Crippen LogP) is 2.55. The Balaban J connectivity index is 2.01. The van der Waals surface area contributed by atoms with Crippen molar-refractivity contribution >= 4 is 5.78 Å². The molecule has 0 aliphatic rings. The molecule has 2 rings (SSSR count). The first kappa shape index (κ1) is 13.3. The number of hydrogen-bond donors (Lipinski definition) is 0. The van der Waals surface area contributed by atoms with Gasteiger partial charge in [-0.3, -0.25) is 9.48 Å². The van der Waals surface area contributed by atoms with Crippen molar-refractivity contribution < 1.29 is 9.53 Å². The molecule has 1 heterocycles. The number of nitrogens with zero attached hydrogens (tertiary/aromatic N) is 2. The van der Waals surface area contributed by atoms with Crippen LogP contribution < -0.4 is 4.74 Å². The number of rotatable bonds is 5. The average molecular weight is 258 g/mol. The van der Waals surface area contributed by atoms with Gasteiger partial charge >= 0.3 is 0 Å². The van der Waals surface area contributed by atoms with Crippen molar-refractivity contribution in [3.8, 4) is 5.75 Å². The van der Waals surface area contributed by atoms with Gasteiger partial charge in [0, 0.05) is 19.7 Å². The number of hydrogen-bond acceptors (Lipinski definition) is 3. The highest BCUT2D eigenvalue weighted by Gasteiger charge is 2.08. The van der Waals surface area contributed by atoms with E-state index in [2.05, 4.69) is 5.10 Å². The Bertz CT molecular complexity index is 588. The Labute approximate surface area is 113 Å². The maximum absolute atomic E-state index is 11.6. The van der Waals surface area contributed by atoms with E-state index in [0.717, 1.165) is 17.5 Å². The Hall–Kier alpha value is -2.10. The molecule has 0 saturated heterocycles. The first-order valence-corrected chi connectivity index (χ1v) is 6.28. The van der Waals surface area contributed by atoms with Crippen molar-refractivity contribution in [1.29, 1.82) is 0 Å². The summed E-state index contributed by atoms with van der Waals surface area (Å²) in [5.41, 5.74) is 2.83. The molecule has 2 aromatic rings. The van der Waals surface area contributed by atoms with Crippen LogP contribution in [0.1, 0.15) is 28.4 Å². The molecule has 0 aliphatic heterocycles. The summed E-state index contributed by atoms with van der Waals surface area (Å²) in [5.74, 6) is 0.682. The fraction of sp³-hybridized carbons (Fsp3) is 0.333. The van der Waals surface area contributed by atoms with E-state index in [1.807, 2.05) is 44.6 Å². The molecule has 0 amide bonds. The quantitative estimate of drug-likeness (QED) is 0.774. The maximum Gasteiger partial charge on any atom is 0.163 e. The Morgan fingerprint density at radius 2 is 2.21 bits per heavy atom. The molecule has 1 aromatic heterocycles. The van der Waals surface area contributed by atoms with Gasteiger partial charge in [-0.25, -0.2) is 0 Å². The van der Waals surface area contributed by atoms with Crippen LogP contribution >= 0.6 is 0 Å². The summed E-state index contributed by atoms with van der Waals surface area (Å²) >= 11 is 0. The van der Waals surface area contributed by atoms with Gasteiger partial charge in [-0.1, -0.05) is 11.6 Å². The van der Waals surface area contributed by atoms with E-state index < -0.39 is 0 Å². The molecular formula is C15H18N2O2. The number of aryl methyl sites for hydroxylation is 2. The van der Waals surface area contributed by atoms with Crippen molar-refractivity contribution in [2.24, 2.45) is 7.05 Å². The second-order valence-electron chi connectivity index (χ2n) is 4.68. The standard InChI is InChI=1S/C15H18N2O2/c1-11-4-5-15(14(8-11)12(2)18)19-7-6-13-9-16-17(3)10-13/h4-5,8-10H,6-7H2,1-3H3. The van der Waals surface area contributed by atoms with Crippen molar-refractivity contribution in [1.82, 2.24) is 9.78 Å². The fourth-order valence-corrected chi connectivity index (χ4v) is 1.92.